The fourth-order valence-electron chi connectivity index (χ4n) is 2.05. The molecule has 2 amide bonds. The van der Waals surface area contributed by atoms with Gasteiger partial charge in [-0.15, -0.1) is 0 Å². The Morgan fingerprint density at radius 1 is 1.57 bits per heavy atom. The van der Waals surface area contributed by atoms with Gasteiger partial charge in [0.25, 0.3) is 5.91 Å². The van der Waals surface area contributed by atoms with Crippen LogP contribution in [0, 0.1) is 11.8 Å². The summed E-state index contributed by atoms with van der Waals surface area (Å²) in [7, 11) is 1.72. The van der Waals surface area contributed by atoms with Crippen molar-refractivity contribution in [1.29, 1.82) is 0 Å². The second-order valence-electron chi connectivity index (χ2n) is 4.81. The summed E-state index contributed by atoms with van der Waals surface area (Å²) >= 11 is 0. The quantitative estimate of drug-likeness (QED) is 0.753. The lowest BCUT2D eigenvalue weighted by atomic mass is 10.1. The van der Waals surface area contributed by atoms with Crippen molar-refractivity contribution in [1.82, 2.24) is 15.2 Å². The van der Waals surface area contributed by atoms with E-state index in [9.17, 15) is 9.59 Å². The smallest absolute Gasteiger partial charge is 0.253 e. The minimum Gasteiger partial charge on any atom is -0.395 e. The van der Waals surface area contributed by atoms with Crippen LogP contribution in [-0.2, 0) is 4.79 Å². The third kappa shape index (κ3) is 3.80. The molecule has 2 heterocycles. The van der Waals surface area contributed by atoms with Crippen LogP contribution in [0.2, 0.25) is 0 Å². The number of aliphatic hydroxyl groups is 1. The minimum atomic E-state index is -0.466. The van der Waals surface area contributed by atoms with E-state index in [4.69, 9.17) is 5.11 Å². The molecule has 1 fully saturated rings. The number of hydrogen-bond acceptors (Lipinski definition) is 4. The van der Waals surface area contributed by atoms with Crippen molar-refractivity contribution >= 4 is 11.8 Å². The van der Waals surface area contributed by atoms with Gasteiger partial charge in [-0.2, -0.15) is 0 Å². The van der Waals surface area contributed by atoms with E-state index in [2.05, 4.69) is 22.1 Å². The first-order valence-electron chi connectivity index (χ1n) is 6.72. The largest absolute Gasteiger partial charge is 0.395 e. The number of aliphatic hydroxyl groups excluding tert-OH is 1. The van der Waals surface area contributed by atoms with Crippen LogP contribution in [0.25, 0.3) is 0 Å². The summed E-state index contributed by atoms with van der Waals surface area (Å²) in [5.74, 6) is 5.19. The lowest BCUT2D eigenvalue weighted by Gasteiger charge is -2.12. The molecule has 0 bridgehead atoms. The van der Waals surface area contributed by atoms with E-state index in [1.807, 2.05) is 0 Å². The van der Waals surface area contributed by atoms with Gasteiger partial charge in [-0.1, -0.05) is 11.8 Å². The molecule has 0 spiro atoms. The van der Waals surface area contributed by atoms with Gasteiger partial charge in [0.15, 0.2) is 0 Å². The number of hydrogen-bond donors (Lipinski definition) is 2. The highest BCUT2D eigenvalue weighted by Gasteiger charge is 2.30. The minimum absolute atomic E-state index is 0.00207. The van der Waals surface area contributed by atoms with Gasteiger partial charge >= 0.3 is 0 Å². The molecule has 1 aliphatic heterocycles. The van der Waals surface area contributed by atoms with E-state index in [-0.39, 0.29) is 18.4 Å². The number of likely N-dealkylation sites (tertiary alicyclic amines) is 1. The molecule has 1 saturated heterocycles. The molecule has 2 N–H and O–H groups in total. The monoisotopic (exact) mass is 287 g/mol. The fraction of sp³-hybridized carbons (Fsp3) is 0.400. The molecule has 1 atom stereocenters. The summed E-state index contributed by atoms with van der Waals surface area (Å²) in [4.78, 5) is 29.5. The van der Waals surface area contributed by atoms with Gasteiger partial charge < -0.3 is 15.3 Å². The molecule has 21 heavy (non-hydrogen) atoms. The molecule has 1 aromatic heterocycles. The van der Waals surface area contributed by atoms with E-state index in [0.717, 1.165) is 0 Å². The van der Waals surface area contributed by atoms with Gasteiger partial charge in [0.05, 0.1) is 12.2 Å². The average Bonchev–Trinajstić information content (AvgIpc) is 2.80. The van der Waals surface area contributed by atoms with Crippen LogP contribution in [0.4, 0.5) is 0 Å². The van der Waals surface area contributed by atoms with E-state index < -0.39 is 6.04 Å². The summed E-state index contributed by atoms with van der Waals surface area (Å²) in [5.41, 5.74) is 0.971. The van der Waals surface area contributed by atoms with Crippen molar-refractivity contribution in [3.05, 3.63) is 29.6 Å². The normalized spacial score (nSPS) is 17.3. The van der Waals surface area contributed by atoms with Gasteiger partial charge in [-0.3, -0.25) is 14.6 Å². The van der Waals surface area contributed by atoms with Crippen molar-refractivity contribution in [2.24, 2.45) is 0 Å². The second kappa shape index (κ2) is 6.86. The van der Waals surface area contributed by atoms with Crippen LogP contribution in [0.15, 0.2) is 18.5 Å². The predicted molar refractivity (Wildman–Crippen MR) is 76.3 cm³/mol. The van der Waals surface area contributed by atoms with Crippen molar-refractivity contribution in [2.75, 3.05) is 20.2 Å². The Labute approximate surface area is 123 Å². The van der Waals surface area contributed by atoms with Crippen LogP contribution >= 0.6 is 0 Å². The van der Waals surface area contributed by atoms with E-state index in [1.165, 1.54) is 6.20 Å². The molecule has 0 aromatic carbocycles. The molecule has 110 valence electrons. The molecule has 2 rings (SSSR count). The lowest BCUT2D eigenvalue weighted by molar-refractivity contribution is -0.128. The number of nitrogens with zero attached hydrogens (tertiary/aromatic N) is 2. The van der Waals surface area contributed by atoms with Crippen molar-refractivity contribution in [3.63, 3.8) is 0 Å². The highest BCUT2D eigenvalue weighted by Crippen LogP contribution is 2.10. The molecule has 0 aliphatic carbocycles. The number of pyridine rings is 1. The first-order chi connectivity index (χ1) is 10.1. The molecule has 6 heteroatoms. The van der Waals surface area contributed by atoms with Crippen LogP contribution in [0.3, 0.4) is 0 Å². The Hall–Kier alpha value is -2.39. The zero-order chi connectivity index (χ0) is 15.2. The van der Waals surface area contributed by atoms with Gasteiger partial charge in [0, 0.05) is 38.0 Å². The number of aromatic nitrogens is 1. The Kier molecular flexibility index (Phi) is 4.90. The number of carbonyl (C=O) groups is 2. The third-order valence-electron chi connectivity index (χ3n) is 3.20. The Morgan fingerprint density at radius 2 is 2.38 bits per heavy atom. The van der Waals surface area contributed by atoms with Gasteiger partial charge in [-0.25, -0.2) is 0 Å². The highest BCUT2D eigenvalue weighted by molar-refractivity contribution is 5.98. The molecule has 6 nitrogen and oxygen atoms in total. The molecular formula is C15H17N3O3. The topological polar surface area (TPSA) is 82.5 Å². The summed E-state index contributed by atoms with van der Waals surface area (Å²) in [6, 6.07) is 1.15. The first kappa shape index (κ1) is 15.0. The molecule has 0 saturated carbocycles. The zero-order valence-corrected chi connectivity index (χ0v) is 11.8. The SMILES string of the molecule is CN1CCC(NC(=O)c2cncc(C#CCCO)c2)C1=O. The Balaban J connectivity index is 2.05. The van der Waals surface area contributed by atoms with Crippen molar-refractivity contribution in [3.8, 4) is 11.8 Å². The van der Waals surface area contributed by atoms with E-state index in [1.54, 1.807) is 24.2 Å². The molecule has 1 unspecified atom stereocenters. The average molecular weight is 287 g/mol. The summed E-state index contributed by atoms with van der Waals surface area (Å²) in [5, 5.41) is 11.4. The van der Waals surface area contributed by atoms with E-state index >= 15 is 0 Å². The summed E-state index contributed by atoms with van der Waals surface area (Å²) < 4.78 is 0. The zero-order valence-electron chi connectivity index (χ0n) is 11.8. The Bertz CT molecular complexity index is 604. The number of amides is 2. The molecule has 1 aliphatic rings. The molecule has 0 radical (unpaired) electrons. The van der Waals surface area contributed by atoms with Crippen LogP contribution < -0.4 is 5.32 Å². The standard InChI is InChI=1S/C15H17N3O3/c1-18-6-5-13(15(18)21)17-14(20)12-8-11(9-16-10-12)4-2-3-7-19/h8-10,13,19H,3,5-7H2,1H3,(H,17,20). The van der Waals surface area contributed by atoms with Crippen LogP contribution in [0.5, 0.6) is 0 Å². The summed E-state index contributed by atoms with van der Waals surface area (Å²) in [6.45, 7) is 0.645. The fourth-order valence-corrected chi connectivity index (χ4v) is 2.05. The molecule has 1 aromatic rings. The number of likely N-dealkylation sites (N-methyl/N-ethyl adjacent to an activating group) is 1. The predicted octanol–water partition coefficient (Wildman–Crippen LogP) is -0.224. The van der Waals surface area contributed by atoms with E-state index in [0.29, 0.717) is 30.5 Å². The number of nitrogens with one attached hydrogen (secondary N) is 1. The number of rotatable bonds is 3. The maximum absolute atomic E-state index is 12.1. The maximum Gasteiger partial charge on any atom is 0.253 e. The second-order valence-corrected chi connectivity index (χ2v) is 4.81. The Morgan fingerprint density at radius 3 is 3.05 bits per heavy atom. The van der Waals surface area contributed by atoms with Gasteiger partial charge in [0.2, 0.25) is 5.91 Å². The van der Waals surface area contributed by atoms with Crippen LogP contribution in [0.1, 0.15) is 28.8 Å². The number of carbonyl (C=O) groups excluding carboxylic acids is 2. The van der Waals surface area contributed by atoms with Gasteiger partial charge in [-0.05, 0) is 12.5 Å². The maximum atomic E-state index is 12.1. The molecular weight excluding hydrogens is 270 g/mol. The van der Waals surface area contributed by atoms with Crippen molar-refractivity contribution in [2.45, 2.75) is 18.9 Å². The van der Waals surface area contributed by atoms with Crippen molar-refractivity contribution < 1.29 is 14.7 Å². The highest BCUT2D eigenvalue weighted by atomic mass is 16.2. The summed E-state index contributed by atoms with van der Waals surface area (Å²) in [6.07, 6.45) is 3.98. The van der Waals surface area contributed by atoms with Crippen LogP contribution in [-0.4, -0.2) is 53.0 Å². The first-order valence-corrected chi connectivity index (χ1v) is 6.72. The lowest BCUT2D eigenvalue weighted by Crippen LogP contribution is -2.40. The van der Waals surface area contributed by atoms with Gasteiger partial charge in [0.1, 0.15) is 6.04 Å². The third-order valence-corrected chi connectivity index (χ3v) is 3.20.